The van der Waals surface area contributed by atoms with Crippen LogP contribution in [0.1, 0.15) is 26.3 Å². The Morgan fingerprint density at radius 1 is 1.21 bits per heavy atom. The van der Waals surface area contributed by atoms with Crippen molar-refractivity contribution in [1.29, 1.82) is 0 Å². The Bertz CT molecular complexity index is 826. The average molecular weight is 439 g/mol. The molecule has 0 unspecified atom stereocenters. The van der Waals surface area contributed by atoms with Crippen LogP contribution in [0.3, 0.4) is 0 Å². The number of amides is 1. The van der Waals surface area contributed by atoms with E-state index in [4.69, 9.17) is 33.7 Å². The van der Waals surface area contributed by atoms with Crippen molar-refractivity contribution in [3.63, 3.8) is 0 Å². The van der Waals surface area contributed by atoms with Gasteiger partial charge in [0, 0.05) is 13.7 Å². The fourth-order valence-electron chi connectivity index (χ4n) is 2.20. The molecule has 158 valence electrons. The van der Waals surface area contributed by atoms with Gasteiger partial charge in [-0.15, -0.1) is 0 Å². The topological polar surface area (TPSA) is 88.7 Å². The lowest BCUT2D eigenvalue weighted by molar-refractivity contribution is -0.114. The highest BCUT2D eigenvalue weighted by molar-refractivity contribution is 6.45. The Kier molecular flexibility index (Phi) is 11.1. The van der Waals surface area contributed by atoms with Crippen molar-refractivity contribution in [2.75, 3.05) is 20.3 Å². The molecule has 29 heavy (non-hydrogen) atoms. The number of nitrogens with two attached hydrogens (primary N) is 1. The lowest BCUT2D eigenvalue weighted by Gasteiger charge is -2.16. The third-order valence-corrected chi connectivity index (χ3v) is 4.55. The molecular weight excluding hydrogens is 411 g/mol. The third-order valence-electron chi connectivity index (χ3n) is 3.81. The van der Waals surface area contributed by atoms with Crippen LogP contribution in [-0.2, 0) is 16.1 Å². The Morgan fingerprint density at radius 2 is 1.93 bits per heavy atom. The zero-order valence-corrected chi connectivity index (χ0v) is 18.7. The van der Waals surface area contributed by atoms with Gasteiger partial charge in [0.15, 0.2) is 0 Å². The standard InChI is InChI=1S/C21H28Cl2N4O2/c1-14(2)20(26-13-16-7-8-17(22)18(23)11-16)27-21(28)19(15(3)12-24)25-9-5-6-10-29-4/h5-8,11-12,26H,9-10,13,24H2,1-4H3,(H,27,28)/b6-5+,15-12?,25-19?. The first-order chi connectivity index (χ1) is 13.8. The summed E-state index contributed by atoms with van der Waals surface area (Å²) in [6.07, 6.45) is 5.02. The number of aliphatic imine (C=N–C) groups is 1. The number of allylic oxidation sites excluding steroid dienone is 1. The smallest absolute Gasteiger partial charge is 0.275 e. The quantitative estimate of drug-likeness (QED) is 0.380. The first-order valence-corrected chi connectivity index (χ1v) is 9.79. The minimum atomic E-state index is -0.345. The number of nitrogens with zero attached hydrogens (tertiary/aromatic N) is 1. The first-order valence-electron chi connectivity index (χ1n) is 9.04. The number of carbonyl (C=O) groups excluding carboxylic acids is 1. The van der Waals surface area contributed by atoms with Crippen molar-refractivity contribution in [3.8, 4) is 0 Å². The molecule has 0 saturated heterocycles. The molecule has 0 atom stereocenters. The second-order valence-electron chi connectivity index (χ2n) is 6.40. The molecule has 0 bridgehead atoms. The summed E-state index contributed by atoms with van der Waals surface area (Å²) in [7, 11) is 1.61. The molecule has 8 heteroatoms. The van der Waals surface area contributed by atoms with Crippen molar-refractivity contribution < 1.29 is 9.53 Å². The number of benzene rings is 1. The van der Waals surface area contributed by atoms with E-state index in [9.17, 15) is 4.79 Å². The van der Waals surface area contributed by atoms with Crippen molar-refractivity contribution in [2.45, 2.75) is 27.3 Å². The third kappa shape index (κ3) is 8.73. The average Bonchev–Trinajstić information content (AvgIpc) is 2.69. The number of rotatable bonds is 10. The van der Waals surface area contributed by atoms with Crippen LogP contribution in [0.25, 0.3) is 0 Å². The first kappa shape index (κ1) is 24.8. The summed E-state index contributed by atoms with van der Waals surface area (Å²) >= 11 is 12.0. The molecule has 0 saturated carbocycles. The maximum absolute atomic E-state index is 12.8. The summed E-state index contributed by atoms with van der Waals surface area (Å²) in [6.45, 7) is 6.83. The van der Waals surface area contributed by atoms with Gasteiger partial charge in [0.2, 0.25) is 0 Å². The summed E-state index contributed by atoms with van der Waals surface area (Å²) in [6, 6.07) is 5.38. The Labute approximate surface area is 182 Å². The van der Waals surface area contributed by atoms with Crippen LogP contribution in [0.5, 0.6) is 0 Å². The van der Waals surface area contributed by atoms with Crippen LogP contribution in [0, 0.1) is 0 Å². The van der Waals surface area contributed by atoms with Gasteiger partial charge in [-0.2, -0.15) is 0 Å². The number of hydrogen-bond donors (Lipinski definition) is 3. The minimum absolute atomic E-state index is 0.268. The molecule has 0 aliphatic heterocycles. The molecule has 0 spiro atoms. The van der Waals surface area contributed by atoms with E-state index in [0.29, 0.717) is 41.1 Å². The highest BCUT2D eigenvalue weighted by atomic mass is 35.5. The molecule has 1 amide bonds. The zero-order chi connectivity index (χ0) is 21.8. The number of hydrogen-bond acceptors (Lipinski definition) is 5. The van der Waals surface area contributed by atoms with Crippen molar-refractivity contribution in [2.24, 2.45) is 10.7 Å². The molecule has 1 aromatic rings. The van der Waals surface area contributed by atoms with Gasteiger partial charge in [0.25, 0.3) is 5.91 Å². The molecular formula is C21H28Cl2N4O2. The van der Waals surface area contributed by atoms with Gasteiger partial charge < -0.3 is 21.1 Å². The summed E-state index contributed by atoms with van der Waals surface area (Å²) in [5.74, 6) is 0.246. The summed E-state index contributed by atoms with van der Waals surface area (Å²) in [5.41, 5.74) is 8.30. The van der Waals surface area contributed by atoms with Crippen LogP contribution in [0.2, 0.25) is 10.0 Å². The van der Waals surface area contributed by atoms with Crippen molar-refractivity contribution >= 4 is 34.8 Å². The fraction of sp³-hybridized carbons (Fsp3) is 0.333. The second-order valence-corrected chi connectivity index (χ2v) is 7.21. The highest BCUT2D eigenvalue weighted by Crippen LogP contribution is 2.22. The Hall–Kier alpha value is -2.28. The van der Waals surface area contributed by atoms with Gasteiger partial charge in [0.05, 0.1) is 23.2 Å². The molecule has 1 rings (SSSR count). The van der Waals surface area contributed by atoms with Crippen LogP contribution in [0.4, 0.5) is 0 Å². The molecule has 0 fully saturated rings. The van der Waals surface area contributed by atoms with Crippen molar-refractivity contribution in [1.82, 2.24) is 10.6 Å². The summed E-state index contributed by atoms with van der Waals surface area (Å²) < 4.78 is 4.95. The largest absolute Gasteiger partial charge is 0.404 e. The predicted molar refractivity (Wildman–Crippen MR) is 121 cm³/mol. The van der Waals surface area contributed by atoms with E-state index in [1.165, 1.54) is 6.20 Å². The van der Waals surface area contributed by atoms with Crippen LogP contribution >= 0.6 is 23.2 Å². The van der Waals surface area contributed by atoms with Crippen molar-refractivity contribution in [3.05, 3.63) is 69.1 Å². The molecule has 1 aromatic carbocycles. The van der Waals surface area contributed by atoms with Gasteiger partial charge in [0.1, 0.15) is 11.5 Å². The van der Waals surface area contributed by atoms with Crippen LogP contribution < -0.4 is 16.4 Å². The summed E-state index contributed by atoms with van der Waals surface area (Å²) in [4.78, 5) is 17.1. The van der Waals surface area contributed by atoms with E-state index in [0.717, 1.165) is 11.1 Å². The van der Waals surface area contributed by atoms with Gasteiger partial charge in [-0.25, -0.2) is 0 Å². The van der Waals surface area contributed by atoms with Crippen LogP contribution in [-0.4, -0.2) is 31.9 Å². The van der Waals surface area contributed by atoms with E-state index in [1.54, 1.807) is 26.2 Å². The SMILES string of the molecule is COC/C=C/CN=C(C(=O)NC(NCc1ccc(Cl)c(Cl)c1)=C(C)C)C(C)=CN. The minimum Gasteiger partial charge on any atom is -0.404 e. The number of ether oxygens (including phenoxy) is 1. The maximum Gasteiger partial charge on any atom is 0.275 e. The lowest BCUT2D eigenvalue weighted by Crippen LogP contribution is -2.37. The Morgan fingerprint density at radius 3 is 2.52 bits per heavy atom. The highest BCUT2D eigenvalue weighted by Gasteiger charge is 2.15. The number of halogens is 2. The maximum atomic E-state index is 12.8. The van der Waals surface area contributed by atoms with E-state index in [-0.39, 0.29) is 11.6 Å². The van der Waals surface area contributed by atoms with E-state index < -0.39 is 0 Å². The summed E-state index contributed by atoms with van der Waals surface area (Å²) in [5, 5.41) is 7.07. The number of methoxy groups -OCH3 is 1. The fourth-order valence-corrected chi connectivity index (χ4v) is 2.52. The van der Waals surface area contributed by atoms with E-state index >= 15 is 0 Å². The molecule has 0 radical (unpaired) electrons. The van der Waals surface area contributed by atoms with Gasteiger partial charge in [-0.1, -0.05) is 41.4 Å². The molecule has 0 heterocycles. The molecule has 0 aromatic heterocycles. The monoisotopic (exact) mass is 438 g/mol. The van der Waals surface area contributed by atoms with Crippen LogP contribution in [0.15, 0.2) is 58.5 Å². The number of nitrogens with one attached hydrogen (secondary N) is 2. The second kappa shape index (κ2) is 13.0. The van der Waals surface area contributed by atoms with E-state index in [2.05, 4.69) is 15.6 Å². The van der Waals surface area contributed by atoms with Gasteiger partial charge in [-0.05, 0) is 55.8 Å². The number of carbonyl (C=O) groups is 1. The lowest BCUT2D eigenvalue weighted by atomic mass is 10.1. The molecule has 4 N–H and O–H groups in total. The van der Waals surface area contributed by atoms with Gasteiger partial charge >= 0.3 is 0 Å². The van der Waals surface area contributed by atoms with E-state index in [1.807, 2.05) is 32.1 Å². The Balaban J connectivity index is 2.88. The zero-order valence-electron chi connectivity index (χ0n) is 17.2. The molecule has 0 aliphatic rings. The predicted octanol–water partition coefficient (Wildman–Crippen LogP) is 3.96. The molecule has 0 aliphatic carbocycles. The van der Waals surface area contributed by atoms with Gasteiger partial charge in [-0.3, -0.25) is 9.79 Å². The normalized spacial score (nSPS) is 12.2. The molecule has 6 nitrogen and oxygen atoms in total.